The summed E-state index contributed by atoms with van der Waals surface area (Å²) in [4.78, 5) is 26.5. The summed E-state index contributed by atoms with van der Waals surface area (Å²) in [7, 11) is 0. The third-order valence-electron chi connectivity index (χ3n) is 2.65. The molecule has 1 aromatic heterocycles. The van der Waals surface area contributed by atoms with E-state index in [0.717, 1.165) is 5.56 Å². The molecule has 0 radical (unpaired) electrons. The number of benzene rings is 1. The largest absolute Gasteiger partial charge is 0.366 e. The van der Waals surface area contributed by atoms with Gasteiger partial charge in [0.1, 0.15) is 11.5 Å². The van der Waals surface area contributed by atoms with E-state index < -0.39 is 5.91 Å². The lowest BCUT2D eigenvalue weighted by molar-refractivity contribution is 0.0943. The molecule has 5 nitrogen and oxygen atoms in total. The summed E-state index contributed by atoms with van der Waals surface area (Å²) in [5.41, 5.74) is 6.26. The van der Waals surface area contributed by atoms with Crippen molar-refractivity contribution in [1.82, 2.24) is 10.3 Å². The average molecular weight is 273 g/mol. The van der Waals surface area contributed by atoms with Gasteiger partial charge < -0.3 is 11.1 Å². The smallest absolute Gasteiger partial charge is 0.270 e. The highest BCUT2D eigenvalue weighted by atomic mass is 19.1. The molecule has 6 heteroatoms. The lowest BCUT2D eigenvalue weighted by Gasteiger charge is -2.05. The standard InChI is InChI=1S/C14H12FN3O2/c15-11-4-1-9(2-5-11)7-18-14(20)12-6-3-10(8-17-12)13(16)19/h1-6,8H,7H2,(H2,16,19)(H,18,20). The minimum atomic E-state index is -0.601. The number of hydrogen-bond donors (Lipinski definition) is 2. The van der Waals surface area contributed by atoms with Crippen molar-refractivity contribution in [2.24, 2.45) is 5.73 Å². The number of rotatable bonds is 4. The molecule has 0 spiro atoms. The van der Waals surface area contributed by atoms with Crippen molar-refractivity contribution in [3.05, 3.63) is 65.2 Å². The van der Waals surface area contributed by atoms with Gasteiger partial charge in [-0.1, -0.05) is 12.1 Å². The van der Waals surface area contributed by atoms with Gasteiger partial charge in [0, 0.05) is 12.7 Å². The highest BCUT2D eigenvalue weighted by Gasteiger charge is 2.08. The average Bonchev–Trinajstić information content (AvgIpc) is 2.46. The van der Waals surface area contributed by atoms with Crippen molar-refractivity contribution in [3.8, 4) is 0 Å². The van der Waals surface area contributed by atoms with Gasteiger partial charge in [-0.15, -0.1) is 0 Å². The number of carbonyl (C=O) groups excluding carboxylic acids is 2. The highest BCUT2D eigenvalue weighted by molar-refractivity contribution is 5.95. The van der Waals surface area contributed by atoms with Gasteiger partial charge in [0.05, 0.1) is 5.56 Å². The van der Waals surface area contributed by atoms with Gasteiger partial charge in [0.2, 0.25) is 5.91 Å². The van der Waals surface area contributed by atoms with E-state index in [9.17, 15) is 14.0 Å². The zero-order chi connectivity index (χ0) is 14.5. The van der Waals surface area contributed by atoms with Gasteiger partial charge in [-0.05, 0) is 29.8 Å². The molecule has 3 N–H and O–H groups in total. The van der Waals surface area contributed by atoms with Gasteiger partial charge in [-0.3, -0.25) is 14.6 Å². The van der Waals surface area contributed by atoms with E-state index in [1.807, 2.05) is 0 Å². The molecule has 0 unspecified atom stereocenters. The van der Waals surface area contributed by atoms with E-state index in [0.29, 0.717) is 0 Å². The van der Waals surface area contributed by atoms with Crippen LogP contribution >= 0.6 is 0 Å². The Morgan fingerprint density at radius 3 is 2.40 bits per heavy atom. The predicted molar refractivity (Wildman–Crippen MR) is 70.3 cm³/mol. The number of amides is 2. The number of primary amides is 1. The zero-order valence-corrected chi connectivity index (χ0v) is 10.5. The third kappa shape index (κ3) is 3.38. The number of aromatic nitrogens is 1. The van der Waals surface area contributed by atoms with Crippen molar-refractivity contribution in [2.75, 3.05) is 0 Å². The normalized spacial score (nSPS) is 10.1. The first-order chi connectivity index (χ1) is 9.56. The molecule has 2 rings (SSSR count). The van der Waals surface area contributed by atoms with E-state index in [2.05, 4.69) is 10.3 Å². The van der Waals surface area contributed by atoms with Gasteiger partial charge in [-0.25, -0.2) is 4.39 Å². The molecule has 0 aliphatic heterocycles. The number of pyridine rings is 1. The Morgan fingerprint density at radius 2 is 1.85 bits per heavy atom. The van der Waals surface area contributed by atoms with Gasteiger partial charge in [0.15, 0.2) is 0 Å². The first kappa shape index (κ1) is 13.7. The number of hydrogen-bond acceptors (Lipinski definition) is 3. The van der Waals surface area contributed by atoms with Crippen LogP contribution in [0.3, 0.4) is 0 Å². The Hall–Kier alpha value is -2.76. The maximum atomic E-state index is 12.7. The molecule has 0 saturated carbocycles. The fourth-order valence-corrected chi connectivity index (χ4v) is 1.55. The molecular weight excluding hydrogens is 261 g/mol. The van der Waals surface area contributed by atoms with Crippen LogP contribution in [0.15, 0.2) is 42.6 Å². The number of carbonyl (C=O) groups is 2. The van der Waals surface area contributed by atoms with Crippen molar-refractivity contribution in [1.29, 1.82) is 0 Å². The van der Waals surface area contributed by atoms with Crippen molar-refractivity contribution >= 4 is 11.8 Å². The monoisotopic (exact) mass is 273 g/mol. The van der Waals surface area contributed by atoms with E-state index >= 15 is 0 Å². The summed E-state index contributed by atoms with van der Waals surface area (Å²) in [6, 6.07) is 8.66. The lowest BCUT2D eigenvalue weighted by atomic mass is 10.2. The number of halogens is 1. The Bertz CT molecular complexity index is 624. The SMILES string of the molecule is NC(=O)c1ccc(C(=O)NCc2ccc(F)cc2)nc1. The summed E-state index contributed by atoms with van der Waals surface area (Å²) in [6.07, 6.45) is 1.25. The van der Waals surface area contributed by atoms with E-state index in [-0.39, 0.29) is 29.5 Å². The maximum absolute atomic E-state index is 12.7. The van der Waals surface area contributed by atoms with Gasteiger partial charge in [-0.2, -0.15) is 0 Å². The number of nitrogens with zero attached hydrogens (tertiary/aromatic N) is 1. The lowest BCUT2D eigenvalue weighted by Crippen LogP contribution is -2.24. The fourth-order valence-electron chi connectivity index (χ4n) is 1.55. The van der Waals surface area contributed by atoms with Crippen LogP contribution in [-0.4, -0.2) is 16.8 Å². The fraction of sp³-hybridized carbons (Fsp3) is 0.0714. The highest BCUT2D eigenvalue weighted by Crippen LogP contribution is 2.03. The van der Waals surface area contributed by atoms with Crippen molar-refractivity contribution < 1.29 is 14.0 Å². The van der Waals surface area contributed by atoms with Crippen molar-refractivity contribution in [3.63, 3.8) is 0 Å². The summed E-state index contributed by atoms with van der Waals surface area (Å²) in [6.45, 7) is 0.262. The Morgan fingerprint density at radius 1 is 1.15 bits per heavy atom. The van der Waals surface area contributed by atoms with Crippen LogP contribution in [0, 0.1) is 5.82 Å². The van der Waals surface area contributed by atoms with E-state index in [1.165, 1.54) is 30.5 Å². The van der Waals surface area contributed by atoms with Gasteiger partial charge >= 0.3 is 0 Å². The summed E-state index contributed by atoms with van der Waals surface area (Å²) < 4.78 is 12.7. The molecule has 0 fully saturated rings. The number of nitrogens with one attached hydrogen (secondary N) is 1. The molecule has 102 valence electrons. The molecule has 0 atom stereocenters. The van der Waals surface area contributed by atoms with Crippen LogP contribution in [0.25, 0.3) is 0 Å². The minimum Gasteiger partial charge on any atom is -0.366 e. The molecule has 2 aromatic rings. The van der Waals surface area contributed by atoms with Crippen LogP contribution in [0.5, 0.6) is 0 Å². The van der Waals surface area contributed by atoms with Crippen LogP contribution in [0.4, 0.5) is 4.39 Å². The molecule has 2 amide bonds. The summed E-state index contributed by atoms with van der Waals surface area (Å²) in [5.74, 6) is -1.31. The molecule has 0 saturated heterocycles. The van der Waals surface area contributed by atoms with E-state index in [1.54, 1.807) is 12.1 Å². The molecule has 0 aliphatic rings. The van der Waals surface area contributed by atoms with Crippen molar-refractivity contribution in [2.45, 2.75) is 6.54 Å². The Labute approximate surface area is 114 Å². The molecule has 0 bridgehead atoms. The third-order valence-corrected chi connectivity index (χ3v) is 2.65. The maximum Gasteiger partial charge on any atom is 0.270 e. The van der Waals surface area contributed by atoms with Crippen LogP contribution in [-0.2, 0) is 6.54 Å². The molecule has 1 heterocycles. The van der Waals surface area contributed by atoms with Crippen LogP contribution in [0.1, 0.15) is 26.4 Å². The topological polar surface area (TPSA) is 85.1 Å². The molecule has 0 aliphatic carbocycles. The molecular formula is C14H12FN3O2. The second-order valence-electron chi connectivity index (χ2n) is 4.11. The summed E-state index contributed by atoms with van der Waals surface area (Å²) in [5, 5.41) is 2.64. The second-order valence-corrected chi connectivity index (χ2v) is 4.11. The number of nitrogens with two attached hydrogens (primary N) is 1. The predicted octanol–water partition coefficient (Wildman–Crippen LogP) is 1.25. The molecule has 1 aromatic carbocycles. The Kier molecular flexibility index (Phi) is 4.05. The van der Waals surface area contributed by atoms with E-state index in [4.69, 9.17) is 5.73 Å². The van der Waals surface area contributed by atoms with Crippen LogP contribution in [0.2, 0.25) is 0 Å². The Balaban J connectivity index is 1.97. The summed E-state index contributed by atoms with van der Waals surface area (Å²) >= 11 is 0. The minimum absolute atomic E-state index is 0.178. The zero-order valence-electron chi connectivity index (χ0n) is 10.5. The van der Waals surface area contributed by atoms with Crippen LogP contribution < -0.4 is 11.1 Å². The molecule has 20 heavy (non-hydrogen) atoms. The first-order valence-corrected chi connectivity index (χ1v) is 5.85. The second kappa shape index (κ2) is 5.92. The quantitative estimate of drug-likeness (QED) is 0.879. The first-order valence-electron chi connectivity index (χ1n) is 5.85. The van der Waals surface area contributed by atoms with Gasteiger partial charge in [0.25, 0.3) is 5.91 Å².